The first kappa shape index (κ1) is 33.3. The Hall–Kier alpha value is -4.73. The third-order valence-corrected chi connectivity index (χ3v) is 5.55. The van der Waals surface area contributed by atoms with Crippen molar-refractivity contribution in [3.8, 4) is 0 Å². The number of carbonyl (C=O) groups excluding carboxylic acids is 5. The number of amides is 5. The van der Waals surface area contributed by atoms with Gasteiger partial charge in [0.1, 0.15) is 18.1 Å². The van der Waals surface area contributed by atoms with E-state index < -0.39 is 66.1 Å². The van der Waals surface area contributed by atoms with Gasteiger partial charge in [-0.25, -0.2) is 4.79 Å². The van der Waals surface area contributed by atoms with Crippen molar-refractivity contribution >= 4 is 41.5 Å². The summed E-state index contributed by atoms with van der Waals surface area (Å²) < 4.78 is 0. The van der Waals surface area contributed by atoms with E-state index in [1.54, 1.807) is 30.3 Å². The van der Waals surface area contributed by atoms with Gasteiger partial charge in [-0.3, -0.25) is 29.0 Å². The number of nitrogens with one attached hydrogen (secondary N) is 3. The Morgan fingerprint density at radius 2 is 1.35 bits per heavy atom. The summed E-state index contributed by atoms with van der Waals surface area (Å²) in [5.41, 5.74) is 27.4. The molecule has 0 heterocycles. The van der Waals surface area contributed by atoms with Crippen molar-refractivity contribution in [3.05, 3.63) is 35.9 Å². The lowest BCUT2D eigenvalue weighted by atomic mass is 10.0. The standard InChI is InChI=1S/C24H37N9O7/c25-14(7-4-10-30-24(28)29)20(36)32-16(11-13-5-2-1-3-6-13)21(37)33-17(12-19(27)35)22(38)31-15(23(39)40)8-9-18(26)34/h1-3,5-6,14-17H,4,7-12,25H2,(H2,26,34)(H2,27,35)(H,31,38)(H,32,36)(H,33,37)(H,39,40)(H4,28,29,30). The Balaban J connectivity index is 3.06. The molecule has 4 atom stereocenters. The lowest BCUT2D eigenvalue weighted by Gasteiger charge is -2.25. The van der Waals surface area contributed by atoms with E-state index in [1.807, 2.05) is 0 Å². The number of benzene rings is 1. The summed E-state index contributed by atoms with van der Waals surface area (Å²) in [4.78, 5) is 76.8. The van der Waals surface area contributed by atoms with Crippen molar-refractivity contribution in [1.29, 1.82) is 0 Å². The largest absolute Gasteiger partial charge is 0.480 e. The fourth-order valence-electron chi connectivity index (χ4n) is 3.49. The summed E-state index contributed by atoms with van der Waals surface area (Å²) in [7, 11) is 0. The molecule has 220 valence electrons. The summed E-state index contributed by atoms with van der Waals surface area (Å²) in [5.74, 6) is -5.85. The SMILES string of the molecule is NC(=O)CCC(NC(=O)C(CC(N)=O)NC(=O)C(Cc1ccccc1)NC(=O)C(N)CCCN=C(N)N)C(=O)O. The zero-order chi connectivity index (χ0) is 30.2. The molecule has 16 heteroatoms. The zero-order valence-electron chi connectivity index (χ0n) is 21.9. The molecular weight excluding hydrogens is 526 g/mol. The molecular formula is C24H37N9O7. The molecule has 0 aliphatic carbocycles. The van der Waals surface area contributed by atoms with E-state index in [1.165, 1.54) is 0 Å². The number of aliphatic carboxylic acids is 1. The Kier molecular flexibility index (Phi) is 14.1. The molecule has 1 rings (SSSR count). The molecule has 0 aromatic heterocycles. The fourth-order valence-corrected chi connectivity index (χ4v) is 3.49. The number of carboxylic acid groups (broad SMARTS) is 1. The molecule has 16 nitrogen and oxygen atoms in total. The quantitative estimate of drug-likeness (QED) is 0.0478. The van der Waals surface area contributed by atoms with Crippen LogP contribution in [0.1, 0.15) is 37.7 Å². The normalized spacial score (nSPS) is 13.5. The van der Waals surface area contributed by atoms with Crippen molar-refractivity contribution in [1.82, 2.24) is 16.0 Å². The fraction of sp³-hybridized carbons (Fsp3) is 0.458. The minimum atomic E-state index is -1.58. The van der Waals surface area contributed by atoms with Crippen LogP contribution in [0.2, 0.25) is 0 Å². The lowest BCUT2D eigenvalue weighted by Crippen LogP contribution is -2.58. The van der Waals surface area contributed by atoms with Crippen LogP contribution < -0.4 is 44.6 Å². The van der Waals surface area contributed by atoms with Crippen molar-refractivity contribution < 1.29 is 33.9 Å². The summed E-state index contributed by atoms with van der Waals surface area (Å²) in [5, 5.41) is 16.4. The van der Waals surface area contributed by atoms with E-state index in [2.05, 4.69) is 20.9 Å². The van der Waals surface area contributed by atoms with E-state index in [-0.39, 0.29) is 38.2 Å². The number of nitrogens with zero attached hydrogens (tertiary/aromatic N) is 1. The summed E-state index contributed by atoms with van der Waals surface area (Å²) in [6.07, 6.45) is -0.723. The monoisotopic (exact) mass is 563 g/mol. The van der Waals surface area contributed by atoms with Crippen molar-refractivity contribution in [3.63, 3.8) is 0 Å². The highest BCUT2D eigenvalue weighted by Crippen LogP contribution is 2.07. The first-order valence-corrected chi connectivity index (χ1v) is 12.4. The number of hydrogen-bond donors (Lipinski definition) is 9. The Morgan fingerprint density at radius 3 is 1.90 bits per heavy atom. The van der Waals surface area contributed by atoms with Crippen molar-refractivity contribution in [2.75, 3.05) is 6.54 Å². The highest BCUT2D eigenvalue weighted by Gasteiger charge is 2.31. The highest BCUT2D eigenvalue weighted by atomic mass is 16.4. The number of carbonyl (C=O) groups is 6. The average molecular weight is 564 g/mol. The molecule has 0 aliphatic rings. The Bertz CT molecular complexity index is 1080. The van der Waals surface area contributed by atoms with Crippen LogP contribution in [-0.4, -0.2) is 77.3 Å². The lowest BCUT2D eigenvalue weighted by molar-refractivity contribution is -0.142. The molecule has 0 bridgehead atoms. The number of aliphatic imine (C=N–C) groups is 1. The van der Waals surface area contributed by atoms with Gasteiger partial charge in [0.15, 0.2) is 5.96 Å². The molecule has 0 fully saturated rings. The predicted molar refractivity (Wildman–Crippen MR) is 144 cm³/mol. The van der Waals surface area contributed by atoms with Gasteiger partial charge in [-0.2, -0.15) is 0 Å². The molecule has 5 amide bonds. The first-order chi connectivity index (χ1) is 18.8. The first-order valence-electron chi connectivity index (χ1n) is 12.4. The second-order valence-electron chi connectivity index (χ2n) is 8.94. The molecule has 1 aromatic rings. The van der Waals surface area contributed by atoms with Crippen molar-refractivity contribution in [2.24, 2.45) is 33.7 Å². The number of carboxylic acids is 1. The summed E-state index contributed by atoms with van der Waals surface area (Å²) in [6.45, 7) is 0.248. The van der Waals surface area contributed by atoms with Gasteiger partial charge in [-0.05, 0) is 24.8 Å². The second kappa shape index (κ2) is 17.0. The molecule has 0 spiro atoms. The smallest absolute Gasteiger partial charge is 0.326 e. The van der Waals surface area contributed by atoms with Gasteiger partial charge in [0.25, 0.3) is 0 Å². The van der Waals surface area contributed by atoms with Crippen LogP contribution in [0, 0.1) is 0 Å². The second-order valence-corrected chi connectivity index (χ2v) is 8.94. The molecule has 0 saturated carbocycles. The summed E-state index contributed by atoms with van der Waals surface area (Å²) in [6, 6.07) is 3.29. The maximum absolute atomic E-state index is 13.3. The van der Waals surface area contributed by atoms with Crippen LogP contribution in [0.25, 0.3) is 0 Å². The van der Waals surface area contributed by atoms with E-state index in [4.69, 9.17) is 28.7 Å². The predicted octanol–water partition coefficient (Wildman–Crippen LogP) is -3.71. The Morgan fingerprint density at radius 1 is 0.775 bits per heavy atom. The summed E-state index contributed by atoms with van der Waals surface area (Å²) >= 11 is 0. The van der Waals surface area contributed by atoms with E-state index in [0.29, 0.717) is 12.0 Å². The van der Waals surface area contributed by atoms with Crippen LogP contribution in [0.5, 0.6) is 0 Å². The van der Waals surface area contributed by atoms with E-state index in [0.717, 1.165) is 0 Å². The molecule has 0 aliphatic heterocycles. The number of primary amides is 2. The minimum absolute atomic E-state index is 0.000404. The van der Waals surface area contributed by atoms with Crippen molar-refractivity contribution in [2.45, 2.75) is 62.7 Å². The van der Waals surface area contributed by atoms with Gasteiger partial charge in [0.2, 0.25) is 29.5 Å². The van der Waals surface area contributed by atoms with Crippen LogP contribution in [0.4, 0.5) is 0 Å². The van der Waals surface area contributed by atoms with E-state index >= 15 is 0 Å². The Labute approximate surface area is 230 Å². The number of rotatable bonds is 18. The van der Waals surface area contributed by atoms with Gasteiger partial charge in [0.05, 0.1) is 12.5 Å². The minimum Gasteiger partial charge on any atom is -0.480 e. The molecule has 4 unspecified atom stereocenters. The maximum Gasteiger partial charge on any atom is 0.326 e. The highest BCUT2D eigenvalue weighted by molar-refractivity contribution is 5.96. The van der Waals surface area contributed by atoms with E-state index in [9.17, 15) is 33.9 Å². The number of hydrogen-bond acceptors (Lipinski definition) is 8. The topological polar surface area (TPSA) is 301 Å². The molecule has 0 saturated heterocycles. The van der Waals surface area contributed by atoms with Crippen LogP contribution in [0.15, 0.2) is 35.3 Å². The van der Waals surface area contributed by atoms with Crippen LogP contribution in [-0.2, 0) is 35.2 Å². The van der Waals surface area contributed by atoms with Gasteiger partial charge in [-0.15, -0.1) is 0 Å². The maximum atomic E-state index is 13.3. The van der Waals surface area contributed by atoms with Crippen LogP contribution in [0.3, 0.4) is 0 Å². The molecule has 14 N–H and O–H groups in total. The van der Waals surface area contributed by atoms with Gasteiger partial charge >= 0.3 is 5.97 Å². The van der Waals surface area contributed by atoms with Crippen LogP contribution >= 0.6 is 0 Å². The third-order valence-electron chi connectivity index (χ3n) is 5.55. The van der Waals surface area contributed by atoms with Gasteiger partial charge in [-0.1, -0.05) is 30.3 Å². The number of guanidine groups is 1. The molecule has 40 heavy (non-hydrogen) atoms. The zero-order valence-corrected chi connectivity index (χ0v) is 21.9. The third kappa shape index (κ3) is 13.2. The molecule has 0 radical (unpaired) electrons. The number of nitrogens with two attached hydrogens (primary N) is 5. The molecule has 1 aromatic carbocycles. The average Bonchev–Trinajstić information content (AvgIpc) is 2.87. The van der Waals surface area contributed by atoms with Gasteiger partial charge in [0, 0.05) is 19.4 Å². The van der Waals surface area contributed by atoms with Gasteiger partial charge < -0.3 is 49.7 Å².